The van der Waals surface area contributed by atoms with Crippen LogP contribution >= 0.6 is 27.3 Å². The van der Waals surface area contributed by atoms with Gasteiger partial charge in [-0.2, -0.15) is 0 Å². The van der Waals surface area contributed by atoms with E-state index in [1.807, 2.05) is 24.0 Å². The van der Waals surface area contributed by atoms with E-state index in [9.17, 15) is 14.4 Å². The molecule has 1 aromatic heterocycles. The Balaban J connectivity index is 1.30. The first-order valence-electron chi connectivity index (χ1n) is 14.0. The highest BCUT2D eigenvalue weighted by atomic mass is 79.9. The molecule has 0 spiro atoms. The summed E-state index contributed by atoms with van der Waals surface area (Å²) in [6.45, 7) is 9.12. The molecule has 5 rings (SSSR count). The fourth-order valence-corrected chi connectivity index (χ4v) is 6.87. The van der Waals surface area contributed by atoms with Crippen LogP contribution < -0.4 is 20.4 Å². The number of anilines is 3. The number of likely N-dealkylation sites (tertiary alicyclic amines) is 1. The van der Waals surface area contributed by atoms with Crippen LogP contribution in [0.3, 0.4) is 0 Å². The molecule has 216 valence electrons. The second kappa shape index (κ2) is 13.0. The van der Waals surface area contributed by atoms with Crippen molar-refractivity contribution in [3.63, 3.8) is 0 Å². The average Bonchev–Trinajstić information content (AvgIpc) is 3.54. The third-order valence-corrected chi connectivity index (χ3v) is 9.23. The van der Waals surface area contributed by atoms with Crippen LogP contribution in [-0.2, 0) is 4.79 Å². The molecule has 41 heavy (non-hydrogen) atoms. The number of nitrogens with one attached hydrogen (secondary N) is 2. The van der Waals surface area contributed by atoms with Gasteiger partial charge in [-0.15, -0.1) is 11.3 Å². The van der Waals surface area contributed by atoms with Gasteiger partial charge in [-0.1, -0.05) is 18.2 Å². The number of aromatic nitrogens is 1. The van der Waals surface area contributed by atoms with Gasteiger partial charge in [0, 0.05) is 63.5 Å². The Morgan fingerprint density at radius 3 is 2.37 bits per heavy atom. The molecule has 9 nitrogen and oxygen atoms in total. The number of rotatable bonds is 9. The maximum atomic E-state index is 13.3. The Labute approximate surface area is 253 Å². The van der Waals surface area contributed by atoms with E-state index in [2.05, 4.69) is 72.5 Å². The predicted octanol–water partition coefficient (Wildman–Crippen LogP) is 4.84. The van der Waals surface area contributed by atoms with Crippen LogP contribution in [0.5, 0.6) is 0 Å². The third kappa shape index (κ3) is 6.90. The molecular formula is C30H35BrN6O3S. The predicted molar refractivity (Wildman–Crippen MR) is 167 cm³/mol. The van der Waals surface area contributed by atoms with Crippen LogP contribution in [0.1, 0.15) is 50.5 Å². The van der Waals surface area contributed by atoms with E-state index in [0.717, 1.165) is 44.8 Å². The quantitative estimate of drug-likeness (QED) is 0.326. The van der Waals surface area contributed by atoms with Crippen LogP contribution in [-0.4, -0.2) is 73.4 Å². The first-order chi connectivity index (χ1) is 19.8. The number of para-hydroxylation sites is 1. The molecular weight excluding hydrogens is 604 g/mol. The number of thiazole rings is 1. The minimum absolute atomic E-state index is 0.190. The zero-order valence-electron chi connectivity index (χ0n) is 23.4. The molecule has 2 N–H and O–H groups in total. The summed E-state index contributed by atoms with van der Waals surface area (Å²) in [6.07, 6.45) is 2.22. The summed E-state index contributed by atoms with van der Waals surface area (Å²) in [6, 6.07) is 13.9. The number of aryl methyl sites for hydroxylation is 2. The van der Waals surface area contributed by atoms with Crippen molar-refractivity contribution in [3.05, 3.63) is 68.1 Å². The SMILES string of the molecule is Cc1ccccc1N1CCN(c2ccc(C(=O)NCCCN3CCCC3=O)cc2NC(=O)c2sc(Br)nc2C)CC1. The minimum atomic E-state index is -0.252. The van der Waals surface area contributed by atoms with Gasteiger partial charge >= 0.3 is 0 Å². The second-order valence-electron chi connectivity index (χ2n) is 10.4. The van der Waals surface area contributed by atoms with Crippen molar-refractivity contribution >= 4 is 62.1 Å². The van der Waals surface area contributed by atoms with E-state index in [1.54, 1.807) is 6.07 Å². The molecule has 2 aliphatic rings. The van der Waals surface area contributed by atoms with E-state index in [1.165, 1.54) is 22.6 Å². The number of carbonyl (C=O) groups is 3. The lowest BCUT2D eigenvalue weighted by Crippen LogP contribution is -2.47. The number of benzene rings is 2. The molecule has 2 fully saturated rings. The Morgan fingerprint density at radius 1 is 0.976 bits per heavy atom. The molecule has 2 aromatic carbocycles. The van der Waals surface area contributed by atoms with Crippen molar-refractivity contribution in [1.82, 2.24) is 15.2 Å². The van der Waals surface area contributed by atoms with Crippen LogP contribution in [0.15, 0.2) is 46.4 Å². The monoisotopic (exact) mass is 638 g/mol. The van der Waals surface area contributed by atoms with Gasteiger partial charge in [0.2, 0.25) is 5.91 Å². The highest BCUT2D eigenvalue weighted by Crippen LogP contribution is 2.32. The fourth-order valence-electron chi connectivity index (χ4n) is 5.43. The van der Waals surface area contributed by atoms with Gasteiger partial charge in [-0.3, -0.25) is 14.4 Å². The molecule has 0 aliphatic carbocycles. The fraction of sp³-hybridized carbons (Fsp3) is 0.400. The van der Waals surface area contributed by atoms with E-state index in [0.29, 0.717) is 51.7 Å². The van der Waals surface area contributed by atoms with Crippen molar-refractivity contribution < 1.29 is 14.4 Å². The summed E-state index contributed by atoms with van der Waals surface area (Å²) in [5, 5.41) is 6.03. The van der Waals surface area contributed by atoms with E-state index >= 15 is 0 Å². The van der Waals surface area contributed by atoms with Gasteiger partial charge in [-0.05, 0) is 72.4 Å². The number of halogens is 1. The number of amides is 3. The van der Waals surface area contributed by atoms with E-state index in [4.69, 9.17) is 0 Å². The lowest BCUT2D eigenvalue weighted by molar-refractivity contribution is -0.127. The molecule has 2 saturated heterocycles. The van der Waals surface area contributed by atoms with Crippen molar-refractivity contribution in [2.45, 2.75) is 33.1 Å². The standard InChI is InChI=1S/C30H35BrN6O3S/c1-20-7-3-4-8-24(20)35-15-17-36(18-16-35)25-11-10-22(28(39)32-12-6-14-37-13-5-9-26(37)38)19-23(25)34-29(40)27-21(2)33-30(31)41-27/h3-4,7-8,10-11,19H,5-6,9,12-18H2,1-2H3,(H,32,39)(H,34,40). The van der Waals surface area contributed by atoms with Gasteiger partial charge in [0.25, 0.3) is 11.8 Å². The van der Waals surface area contributed by atoms with E-state index in [-0.39, 0.29) is 17.7 Å². The Kier molecular flexibility index (Phi) is 9.24. The number of nitrogens with zero attached hydrogens (tertiary/aromatic N) is 4. The summed E-state index contributed by atoms with van der Waals surface area (Å²) in [4.78, 5) is 49.5. The maximum Gasteiger partial charge on any atom is 0.267 e. The summed E-state index contributed by atoms with van der Waals surface area (Å²) >= 11 is 4.65. The topological polar surface area (TPSA) is 97.9 Å². The van der Waals surface area contributed by atoms with Gasteiger partial charge in [0.15, 0.2) is 3.92 Å². The number of carbonyl (C=O) groups excluding carboxylic acids is 3. The molecule has 2 aliphatic heterocycles. The van der Waals surface area contributed by atoms with Gasteiger partial charge in [0.05, 0.1) is 17.1 Å². The summed E-state index contributed by atoms with van der Waals surface area (Å²) < 4.78 is 0.649. The molecule has 0 bridgehead atoms. The lowest BCUT2D eigenvalue weighted by atomic mass is 10.1. The number of piperazine rings is 1. The zero-order valence-corrected chi connectivity index (χ0v) is 25.8. The van der Waals surface area contributed by atoms with Crippen molar-refractivity contribution in [1.29, 1.82) is 0 Å². The Morgan fingerprint density at radius 2 is 1.71 bits per heavy atom. The zero-order chi connectivity index (χ0) is 28.9. The molecule has 0 radical (unpaired) electrons. The van der Waals surface area contributed by atoms with Crippen LogP contribution in [0.2, 0.25) is 0 Å². The van der Waals surface area contributed by atoms with Crippen LogP contribution in [0.4, 0.5) is 17.1 Å². The summed E-state index contributed by atoms with van der Waals surface area (Å²) in [5.74, 6) is -0.269. The Bertz CT molecular complexity index is 1440. The maximum absolute atomic E-state index is 13.3. The molecule has 3 amide bonds. The van der Waals surface area contributed by atoms with Gasteiger partial charge in [-0.25, -0.2) is 4.98 Å². The summed E-state index contributed by atoms with van der Waals surface area (Å²) in [5.41, 5.74) is 5.10. The molecule has 0 saturated carbocycles. The molecule has 11 heteroatoms. The molecule has 0 atom stereocenters. The van der Waals surface area contributed by atoms with Crippen molar-refractivity contribution in [2.24, 2.45) is 0 Å². The van der Waals surface area contributed by atoms with Gasteiger partial charge < -0.3 is 25.3 Å². The van der Waals surface area contributed by atoms with Gasteiger partial charge in [0.1, 0.15) is 4.88 Å². The first-order valence-corrected chi connectivity index (χ1v) is 15.6. The van der Waals surface area contributed by atoms with Crippen LogP contribution in [0.25, 0.3) is 0 Å². The highest BCUT2D eigenvalue weighted by Gasteiger charge is 2.24. The van der Waals surface area contributed by atoms with E-state index < -0.39 is 0 Å². The molecule has 3 aromatic rings. The molecule has 0 unspecified atom stereocenters. The van der Waals surface area contributed by atoms with Crippen molar-refractivity contribution in [2.75, 3.05) is 60.9 Å². The second-order valence-corrected chi connectivity index (χ2v) is 12.7. The lowest BCUT2D eigenvalue weighted by Gasteiger charge is -2.38. The average molecular weight is 640 g/mol. The summed E-state index contributed by atoms with van der Waals surface area (Å²) in [7, 11) is 0. The smallest absolute Gasteiger partial charge is 0.267 e. The number of hydrogen-bond acceptors (Lipinski definition) is 7. The van der Waals surface area contributed by atoms with Crippen molar-refractivity contribution in [3.8, 4) is 0 Å². The minimum Gasteiger partial charge on any atom is -0.368 e. The largest absolute Gasteiger partial charge is 0.368 e. The normalized spacial score (nSPS) is 15.4. The number of hydrogen-bond donors (Lipinski definition) is 2. The van der Waals surface area contributed by atoms with Crippen LogP contribution in [0, 0.1) is 13.8 Å². The first kappa shape index (κ1) is 29.1. The molecule has 3 heterocycles. The highest BCUT2D eigenvalue weighted by molar-refractivity contribution is 9.11. The Hall–Kier alpha value is -3.44. The third-order valence-electron chi connectivity index (χ3n) is 7.62.